The molecule has 1 aliphatic heterocycles. The van der Waals surface area contributed by atoms with Crippen molar-refractivity contribution in [3.05, 3.63) is 28.8 Å². The molecular weight excluding hydrogens is 252 g/mol. The van der Waals surface area contributed by atoms with Crippen LogP contribution in [0.2, 0.25) is 5.02 Å². The van der Waals surface area contributed by atoms with E-state index in [9.17, 15) is 5.11 Å². The molecule has 1 N–H and O–H groups in total. The van der Waals surface area contributed by atoms with Crippen molar-refractivity contribution in [2.45, 2.75) is 37.9 Å². The first-order valence-electron chi connectivity index (χ1n) is 6.33. The lowest BCUT2D eigenvalue weighted by atomic mass is 9.98. The fourth-order valence-corrected chi connectivity index (χ4v) is 2.53. The minimum Gasteiger partial charge on any atom is -0.496 e. The fraction of sp³-hybridized carbons (Fsp3) is 0.571. The van der Waals surface area contributed by atoms with Gasteiger partial charge in [-0.25, -0.2) is 0 Å². The molecule has 1 fully saturated rings. The van der Waals surface area contributed by atoms with Gasteiger partial charge in [0.25, 0.3) is 0 Å². The number of rotatable bonds is 4. The molecule has 1 aromatic carbocycles. The summed E-state index contributed by atoms with van der Waals surface area (Å²) in [5.41, 5.74) is 0.923. The Labute approximate surface area is 113 Å². The van der Waals surface area contributed by atoms with Crippen LogP contribution in [0.25, 0.3) is 0 Å². The Bertz CT molecular complexity index is 389. The van der Waals surface area contributed by atoms with Crippen LogP contribution >= 0.6 is 11.6 Å². The highest BCUT2D eigenvalue weighted by Gasteiger charge is 2.23. The van der Waals surface area contributed by atoms with Crippen LogP contribution in [0.1, 0.15) is 24.8 Å². The number of hydrogen-bond donors (Lipinski definition) is 1. The van der Waals surface area contributed by atoms with Crippen molar-refractivity contribution < 1.29 is 14.6 Å². The van der Waals surface area contributed by atoms with Crippen LogP contribution in [0.15, 0.2) is 18.2 Å². The van der Waals surface area contributed by atoms with E-state index in [1.165, 1.54) is 0 Å². The Morgan fingerprint density at radius 1 is 1.50 bits per heavy atom. The standard InChI is InChI=1S/C14H19ClO3/c1-17-13-6-5-11(15)8-10(13)9-12(16)14-4-2-3-7-18-14/h5-6,8,12,14,16H,2-4,7,9H2,1H3. The van der Waals surface area contributed by atoms with E-state index < -0.39 is 6.10 Å². The second-order valence-electron chi connectivity index (χ2n) is 4.63. The third-order valence-corrected chi connectivity index (χ3v) is 3.55. The predicted octanol–water partition coefficient (Wildman–Crippen LogP) is 2.82. The van der Waals surface area contributed by atoms with Crippen LogP contribution in [0, 0.1) is 0 Å². The maximum atomic E-state index is 10.2. The van der Waals surface area contributed by atoms with Crippen LogP contribution < -0.4 is 4.74 Å². The molecule has 2 unspecified atom stereocenters. The molecule has 1 heterocycles. The van der Waals surface area contributed by atoms with E-state index in [1.54, 1.807) is 13.2 Å². The first-order valence-corrected chi connectivity index (χ1v) is 6.70. The van der Waals surface area contributed by atoms with E-state index in [1.807, 2.05) is 12.1 Å². The van der Waals surface area contributed by atoms with Gasteiger partial charge in [-0.3, -0.25) is 0 Å². The summed E-state index contributed by atoms with van der Waals surface area (Å²) >= 11 is 5.97. The van der Waals surface area contributed by atoms with Crippen molar-refractivity contribution in [3.63, 3.8) is 0 Å². The Morgan fingerprint density at radius 2 is 2.33 bits per heavy atom. The predicted molar refractivity (Wildman–Crippen MR) is 71.3 cm³/mol. The van der Waals surface area contributed by atoms with Crippen molar-refractivity contribution in [2.75, 3.05) is 13.7 Å². The number of hydrogen-bond acceptors (Lipinski definition) is 3. The summed E-state index contributed by atoms with van der Waals surface area (Å²) in [5.74, 6) is 0.759. The second-order valence-corrected chi connectivity index (χ2v) is 5.07. The summed E-state index contributed by atoms with van der Waals surface area (Å²) in [6, 6.07) is 5.45. The van der Waals surface area contributed by atoms with Crippen molar-refractivity contribution in [2.24, 2.45) is 0 Å². The molecule has 0 aromatic heterocycles. The molecule has 1 aromatic rings. The van der Waals surface area contributed by atoms with Gasteiger partial charge in [0.05, 0.1) is 19.3 Å². The quantitative estimate of drug-likeness (QED) is 0.914. The molecule has 2 atom stereocenters. The molecule has 18 heavy (non-hydrogen) atoms. The highest BCUT2D eigenvalue weighted by molar-refractivity contribution is 6.30. The molecule has 1 saturated heterocycles. The zero-order valence-corrected chi connectivity index (χ0v) is 11.3. The monoisotopic (exact) mass is 270 g/mol. The van der Waals surface area contributed by atoms with Gasteiger partial charge >= 0.3 is 0 Å². The summed E-state index contributed by atoms with van der Waals surface area (Å²) in [6.45, 7) is 0.744. The van der Waals surface area contributed by atoms with Crippen LogP contribution in [-0.2, 0) is 11.2 Å². The van der Waals surface area contributed by atoms with Gasteiger partial charge in [0.15, 0.2) is 0 Å². The number of benzene rings is 1. The van der Waals surface area contributed by atoms with Crippen LogP contribution in [0.3, 0.4) is 0 Å². The smallest absolute Gasteiger partial charge is 0.122 e. The Morgan fingerprint density at radius 3 is 3.00 bits per heavy atom. The van der Waals surface area contributed by atoms with Crippen LogP contribution in [0.4, 0.5) is 0 Å². The number of halogens is 1. The van der Waals surface area contributed by atoms with Crippen molar-refractivity contribution in [3.8, 4) is 5.75 Å². The molecule has 0 aliphatic carbocycles. The molecule has 2 rings (SSSR count). The van der Waals surface area contributed by atoms with Gasteiger partial charge in [0.1, 0.15) is 5.75 Å². The number of ether oxygens (including phenoxy) is 2. The van der Waals surface area contributed by atoms with Gasteiger partial charge in [0.2, 0.25) is 0 Å². The zero-order chi connectivity index (χ0) is 13.0. The van der Waals surface area contributed by atoms with Crippen molar-refractivity contribution >= 4 is 11.6 Å². The van der Waals surface area contributed by atoms with Gasteiger partial charge in [-0.15, -0.1) is 0 Å². The Kier molecular flexibility index (Phi) is 4.87. The second kappa shape index (κ2) is 6.41. The highest BCUT2D eigenvalue weighted by Crippen LogP contribution is 2.26. The minimum absolute atomic E-state index is 0.0672. The van der Waals surface area contributed by atoms with E-state index in [2.05, 4.69) is 0 Å². The topological polar surface area (TPSA) is 38.7 Å². The minimum atomic E-state index is -0.502. The first-order chi connectivity index (χ1) is 8.70. The van der Waals surface area contributed by atoms with Gasteiger partial charge in [-0.1, -0.05) is 11.6 Å². The fourth-order valence-electron chi connectivity index (χ4n) is 2.33. The molecule has 3 nitrogen and oxygen atoms in total. The number of aliphatic hydroxyl groups is 1. The van der Waals surface area contributed by atoms with Gasteiger partial charge < -0.3 is 14.6 Å². The lowest BCUT2D eigenvalue weighted by molar-refractivity contribution is -0.0612. The van der Waals surface area contributed by atoms with Crippen LogP contribution in [0.5, 0.6) is 5.75 Å². The molecule has 0 saturated carbocycles. The van der Waals surface area contributed by atoms with Crippen LogP contribution in [-0.4, -0.2) is 31.0 Å². The SMILES string of the molecule is COc1ccc(Cl)cc1CC(O)C1CCCCO1. The van der Waals surface area contributed by atoms with E-state index in [-0.39, 0.29) is 6.10 Å². The van der Waals surface area contributed by atoms with E-state index in [0.29, 0.717) is 11.4 Å². The van der Waals surface area contributed by atoms with E-state index >= 15 is 0 Å². The zero-order valence-electron chi connectivity index (χ0n) is 10.6. The molecule has 100 valence electrons. The molecule has 0 radical (unpaired) electrons. The molecule has 0 spiro atoms. The average molecular weight is 271 g/mol. The summed E-state index contributed by atoms with van der Waals surface area (Å²) in [4.78, 5) is 0. The number of methoxy groups -OCH3 is 1. The third-order valence-electron chi connectivity index (χ3n) is 3.32. The average Bonchev–Trinajstić information content (AvgIpc) is 2.40. The summed E-state index contributed by atoms with van der Waals surface area (Å²) in [7, 11) is 1.62. The highest BCUT2D eigenvalue weighted by atomic mass is 35.5. The summed E-state index contributed by atoms with van der Waals surface area (Å²) in [5, 5.41) is 10.9. The van der Waals surface area contributed by atoms with Gasteiger partial charge in [-0.05, 0) is 43.0 Å². The molecule has 4 heteroatoms. The molecule has 0 bridgehead atoms. The largest absolute Gasteiger partial charge is 0.496 e. The maximum Gasteiger partial charge on any atom is 0.122 e. The molecule has 0 amide bonds. The normalized spacial score (nSPS) is 21.6. The Balaban J connectivity index is 2.05. The summed E-state index contributed by atoms with van der Waals surface area (Å²) in [6.07, 6.45) is 3.07. The summed E-state index contributed by atoms with van der Waals surface area (Å²) < 4.78 is 10.9. The van der Waals surface area contributed by atoms with Crippen molar-refractivity contribution in [1.82, 2.24) is 0 Å². The third kappa shape index (κ3) is 3.37. The Hall–Kier alpha value is -0.770. The lowest BCUT2D eigenvalue weighted by Gasteiger charge is -2.27. The van der Waals surface area contributed by atoms with Gasteiger partial charge in [-0.2, -0.15) is 0 Å². The molecule has 1 aliphatic rings. The van der Waals surface area contributed by atoms with E-state index in [4.69, 9.17) is 21.1 Å². The van der Waals surface area contributed by atoms with Gasteiger partial charge in [0, 0.05) is 18.1 Å². The molecular formula is C14H19ClO3. The maximum absolute atomic E-state index is 10.2. The lowest BCUT2D eigenvalue weighted by Crippen LogP contribution is -2.33. The number of aliphatic hydroxyl groups excluding tert-OH is 1. The first kappa shape index (κ1) is 13.7. The van der Waals surface area contributed by atoms with Crippen molar-refractivity contribution in [1.29, 1.82) is 0 Å². The van der Waals surface area contributed by atoms with E-state index in [0.717, 1.165) is 37.2 Å².